The van der Waals surface area contributed by atoms with Crippen molar-refractivity contribution in [3.63, 3.8) is 0 Å². The SMILES string of the molecule is Cc1c(C(N)=O)cc(C(=O)CN2CCN(S(=O)(=O)c3cccs3)CC2)n1CC1CCCCC1. The number of sulfonamides is 1. The zero-order valence-corrected chi connectivity index (χ0v) is 20.7. The molecule has 2 aliphatic rings. The minimum Gasteiger partial charge on any atom is -0.366 e. The molecule has 1 saturated heterocycles. The number of aromatic nitrogens is 1. The van der Waals surface area contributed by atoms with Crippen LogP contribution in [0.15, 0.2) is 27.8 Å². The smallest absolute Gasteiger partial charge is 0.252 e. The zero-order chi connectivity index (χ0) is 23.6. The van der Waals surface area contributed by atoms with Gasteiger partial charge < -0.3 is 10.3 Å². The Balaban J connectivity index is 1.44. The molecule has 0 unspecified atom stereocenters. The van der Waals surface area contributed by atoms with Gasteiger partial charge in [-0.1, -0.05) is 25.3 Å². The van der Waals surface area contributed by atoms with Gasteiger partial charge in [0.15, 0.2) is 5.78 Å². The Labute approximate surface area is 199 Å². The number of piperazine rings is 1. The van der Waals surface area contributed by atoms with Gasteiger partial charge in [-0.3, -0.25) is 14.5 Å². The van der Waals surface area contributed by atoms with Gasteiger partial charge in [0.05, 0.1) is 17.8 Å². The molecule has 10 heteroatoms. The summed E-state index contributed by atoms with van der Waals surface area (Å²) in [5.74, 6) is -0.0737. The summed E-state index contributed by atoms with van der Waals surface area (Å²) < 4.78 is 29.3. The molecule has 2 fully saturated rings. The van der Waals surface area contributed by atoms with Gasteiger partial charge in [-0.2, -0.15) is 4.31 Å². The van der Waals surface area contributed by atoms with Crippen LogP contribution in [0.4, 0.5) is 0 Å². The molecule has 2 N–H and O–H groups in total. The van der Waals surface area contributed by atoms with E-state index in [-0.39, 0.29) is 12.3 Å². The molecule has 0 aromatic carbocycles. The molecule has 0 bridgehead atoms. The number of nitrogens with two attached hydrogens (primary N) is 1. The molecule has 1 amide bonds. The Morgan fingerprint density at radius 3 is 2.42 bits per heavy atom. The van der Waals surface area contributed by atoms with Crippen molar-refractivity contribution >= 4 is 33.1 Å². The van der Waals surface area contributed by atoms with Crippen LogP contribution in [0.25, 0.3) is 0 Å². The van der Waals surface area contributed by atoms with E-state index in [1.165, 1.54) is 34.9 Å². The number of hydrogen-bond acceptors (Lipinski definition) is 6. The average Bonchev–Trinajstić information content (AvgIpc) is 3.45. The molecule has 0 radical (unpaired) electrons. The van der Waals surface area contributed by atoms with Crippen LogP contribution in [0.3, 0.4) is 0 Å². The highest BCUT2D eigenvalue weighted by molar-refractivity contribution is 7.91. The van der Waals surface area contributed by atoms with Crippen molar-refractivity contribution in [3.05, 3.63) is 40.5 Å². The Morgan fingerprint density at radius 1 is 1.12 bits per heavy atom. The fraction of sp³-hybridized carbons (Fsp3) is 0.565. The van der Waals surface area contributed by atoms with Gasteiger partial charge in [0.25, 0.3) is 15.9 Å². The molecule has 1 aliphatic heterocycles. The lowest BCUT2D eigenvalue weighted by Crippen LogP contribution is -2.49. The molecular formula is C23H32N4O4S2. The molecule has 180 valence electrons. The summed E-state index contributed by atoms with van der Waals surface area (Å²) >= 11 is 1.22. The highest BCUT2D eigenvalue weighted by atomic mass is 32.2. The van der Waals surface area contributed by atoms with Gasteiger partial charge in [0.2, 0.25) is 0 Å². The second kappa shape index (κ2) is 10.1. The Bertz CT molecular complexity index is 1090. The third kappa shape index (κ3) is 5.24. The van der Waals surface area contributed by atoms with Gasteiger partial charge in [-0.05, 0) is 43.2 Å². The first-order valence-corrected chi connectivity index (χ1v) is 13.9. The predicted molar refractivity (Wildman–Crippen MR) is 128 cm³/mol. The van der Waals surface area contributed by atoms with Crippen LogP contribution in [0.2, 0.25) is 0 Å². The number of hydrogen-bond donors (Lipinski definition) is 1. The second-order valence-electron chi connectivity index (χ2n) is 9.04. The lowest BCUT2D eigenvalue weighted by molar-refractivity contribution is 0.0890. The molecule has 3 heterocycles. The molecule has 0 spiro atoms. The number of ketones is 1. The van der Waals surface area contributed by atoms with E-state index in [0.29, 0.717) is 47.6 Å². The molecule has 2 aromatic rings. The fourth-order valence-corrected chi connectivity index (χ4v) is 7.51. The first-order chi connectivity index (χ1) is 15.8. The van der Waals surface area contributed by atoms with E-state index in [1.54, 1.807) is 23.6 Å². The van der Waals surface area contributed by atoms with Gasteiger partial charge in [-0.15, -0.1) is 11.3 Å². The number of Topliss-reactive ketones (excluding diaryl/α,β-unsaturated/α-hetero) is 1. The predicted octanol–water partition coefficient (Wildman–Crippen LogP) is 2.73. The van der Waals surface area contributed by atoms with Crippen molar-refractivity contribution in [2.45, 2.75) is 49.8 Å². The molecule has 1 saturated carbocycles. The van der Waals surface area contributed by atoms with Crippen LogP contribution in [0.1, 0.15) is 58.6 Å². The fourth-order valence-electron chi connectivity index (χ4n) is 4.94. The number of thiophene rings is 1. The van der Waals surface area contributed by atoms with Crippen molar-refractivity contribution in [3.8, 4) is 0 Å². The number of primary amides is 1. The van der Waals surface area contributed by atoms with Gasteiger partial charge in [0.1, 0.15) is 4.21 Å². The van der Waals surface area contributed by atoms with Crippen LogP contribution < -0.4 is 5.73 Å². The summed E-state index contributed by atoms with van der Waals surface area (Å²) in [7, 11) is -3.47. The van der Waals surface area contributed by atoms with Crippen molar-refractivity contribution in [1.82, 2.24) is 13.8 Å². The quantitative estimate of drug-likeness (QED) is 0.571. The number of amides is 1. The second-order valence-corrected chi connectivity index (χ2v) is 12.2. The highest BCUT2D eigenvalue weighted by Crippen LogP contribution is 2.28. The first kappa shape index (κ1) is 24.1. The number of rotatable bonds is 8. The summed E-state index contributed by atoms with van der Waals surface area (Å²) in [6.07, 6.45) is 5.94. The average molecular weight is 493 g/mol. The van der Waals surface area contributed by atoms with Crippen LogP contribution in [-0.4, -0.2) is 66.6 Å². The van der Waals surface area contributed by atoms with E-state index in [2.05, 4.69) is 0 Å². The van der Waals surface area contributed by atoms with Crippen LogP contribution in [-0.2, 0) is 16.6 Å². The summed E-state index contributed by atoms with van der Waals surface area (Å²) in [6, 6.07) is 4.99. The lowest BCUT2D eigenvalue weighted by atomic mass is 9.89. The summed E-state index contributed by atoms with van der Waals surface area (Å²) in [5, 5.41) is 1.76. The van der Waals surface area contributed by atoms with Crippen molar-refractivity contribution in [1.29, 1.82) is 0 Å². The summed E-state index contributed by atoms with van der Waals surface area (Å²) in [5.41, 5.74) is 7.26. The lowest BCUT2D eigenvalue weighted by Gasteiger charge is -2.33. The van der Waals surface area contributed by atoms with Gasteiger partial charge in [0, 0.05) is 38.4 Å². The minimum atomic E-state index is -3.47. The minimum absolute atomic E-state index is 0.0593. The third-order valence-electron chi connectivity index (χ3n) is 6.87. The monoisotopic (exact) mass is 492 g/mol. The zero-order valence-electron chi connectivity index (χ0n) is 19.0. The summed E-state index contributed by atoms with van der Waals surface area (Å²) in [6.45, 7) is 4.45. The summed E-state index contributed by atoms with van der Waals surface area (Å²) in [4.78, 5) is 27.2. The number of carbonyl (C=O) groups is 2. The van der Waals surface area contributed by atoms with Crippen molar-refractivity contribution in [2.75, 3.05) is 32.7 Å². The maximum Gasteiger partial charge on any atom is 0.252 e. The molecule has 2 aromatic heterocycles. The third-order valence-corrected chi connectivity index (χ3v) is 10.1. The highest BCUT2D eigenvalue weighted by Gasteiger charge is 2.31. The van der Waals surface area contributed by atoms with E-state index in [4.69, 9.17) is 5.73 Å². The van der Waals surface area contributed by atoms with E-state index in [1.807, 2.05) is 16.4 Å². The van der Waals surface area contributed by atoms with Crippen LogP contribution in [0, 0.1) is 12.8 Å². The Morgan fingerprint density at radius 2 is 1.82 bits per heavy atom. The van der Waals surface area contributed by atoms with Gasteiger partial charge >= 0.3 is 0 Å². The van der Waals surface area contributed by atoms with E-state index in [0.717, 1.165) is 25.1 Å². The molecule has 1 aliphatic carbocycles. The van der Waals surface area contributed by atoms with E-state index in [9.17, 15) is 18.0 Å². The molecule has 33 heavy (non-hydrogen) atoms. The number of carbonyl (C=O) groups excluding carboxylic acids is 2. The molecule has 0 atom stereocenters. The largest absolute Gasteiger partial charge is 0.366 e. The van der Waals surface area contributed by atoms with E-state index >= 15 is 0 Å². The normalized spacial score (nSPS) is 19.1. The van der Waals surface area contributed by atoms with E-state index < -0.39 is 15.9 Å². The first-order valence-electron chi connectivity index (χ1n) is 11.6. The Kier molecular flexibility index (Phi) is 7.37. The molecule has 4 rings (SSSR count). The van der Waals surface area contributed by atoms with Crippen molar-refractivity contribution in [2.24, 2.45) is 11.7 Å². The van der Waals surface area contributed by atoms with Gasteiger partial charge in [-0.25, -0.2) is 8.42 Å². The van der Waals surface area contributed by atoms with Crippen LogP contribution >= 0.6 is 11.3 Å². The van der Waals surface area contributed by atoms with Crippen LogP contribution in [0.5, 0.6) is 0 Å². The number of nitrogens with zero attached hydrogens (tertiary/aromatic N) is 3. The molecular weight excluding hydrogens is 460 g/mol. The topological polar surface area (TPSA) is 106 Å². The maximum absolute atomic E-state index is 13.3. The standard InChI is InChI=1S/C23H32N4O4S2/c1-17-19(23(24)29)14-20(27(17)15-18-6-3-2-4-7-18)21(28)16-25-9-11-26(12-10-25)33(30,31)22-8-5-13-32-22/h5,8,13-14,18H,2-4,6-7,9-12,15-16H2,1H3,(H2,24,29). The molecule has 8 nitrogen and oxygen atoms in total. The Hall–Kier alpha value is -2.01. The van der Waals surface area contributed by atoms with Crippen molar-refractivity contribution < 1.29 is 18.0 Å². The maximum atomic E-state index is 13.3.